The van der Waals surface area contributed by atoms with Crippen molar-refractivity contribution in [2.24, 2.45) is 11.3 Å². The lowest BCUT2D eigenvalue weighted by Crippen LogP contribution is -2.51. The number of carboxylic acids is 1. The summed E-state index contributed by atoms with van der Waals surface area (Å²) in [5.74, 6) is -0.491. The summed E-state index contributed by atoms with van der Waals surface area (Å²) < 4.78 is 27.4. The summed E-state index contributed by atoms with van der Waals surface area (Å²) in [5.41, 5.74) is -0.982. The van der Waals surface area contributed by atoms with Gasteiger partial charge in [0.1, 0.15) is 0 Å². The van der Waals surface area contributed by atoms with E-state index in [9.17, 15) is 18.3 Å². The fourth-order valence-electron chi connectivity index (χ4n) is 3.31. The van der Waals surface area contributed by atoms with Gasteiger partial charge in [-0.1, -0.05) is 12.8 Å². The minimum atomic E-state index is -3.60. The Balaban J connectivity index is 2.27. The highest BCUT2D eigenvalue weighted by molar-refractivity contribution is 7.86. The minimum absolute atomic E-state index is 0.416. The van der Waals surface area contributed by atoms with E-state index in [-0.39, 0.29) is 0 Å². The van der Waals surface area contributed by atoms with E-state index in [1.165, 1.54) is 0 Å². The molecule has 2 aliphatic carbocycles. The standard InChI is InChI=1S/C11H18O5S/c1-17(14,15)16-9-5-4-8-3-2-6-11(9,7-8)10(12)13/h8-9H,2-7H2,1H3,(H,12,13)/t8-,9-,11-/m0/s1. The summed E-state index contributed by atoms with van der Waals surface area (Å²) in [6.45, 7) is 0. The Morgan fingerprint density at radius 2 is 2.06 bits per heavy atom. The number of hydrogen-bond acceptors (Lipinski definition) is 4. The zero-order chi connectivity index (χ0) is 12.7. The van der Waals surface area contributed by atoms with E-state index in [2.05, 4.69) is 0 Å². The van der Waals surface area contributed by atoms with Crippen molar-refractivity contribution in [1.82, 2.24) is 0 Å². The number of carbonyl (C=O) groups is 1. The van der Waals surface area contributed by atoms with Crippen molar-refractivity contribution < 1.29 is 22.5 Å². The van der Waals surface area contributed by atoms with E-state index >= 15 is 0 Å². The Bertz CT molecular complexity index is 416. The Morgan fingerprint density at radius 1 is 1.35 bits per heavy atom. The van der Waals surface area contributed by atoms with Crippen LogP contribution in [0.3, 0.4) is 0 Å². The van der Waals surface area contributed by atoms with Crippen molar-refractivity contribution in [3.05, 3.63) is 0 Å². The molecule has 0 aromatic carbocycles. The predicted molar refractivity (Wildman–Crippen MR) is 61.0 cm³/mol. The first-order valence-electron chi connectivity index (χ1n) is 5.95. The number of fused-ring (bicyclic) bond motifs is 2. The van der Waals surface area contributed by atoms with Crippen LogP contribution >= 0.6 is 0 Å². The van der Waals surface area contributed by atoms with Gasteiger partial charge < -0.3 is 5.11 Å². The van der Waals surface area contributed by atoms with Crippen LogP contribution in [-0.2, 0) is 19.1 Å². The topological polar surface area (TPSA) is 80.7 Å². The zero-order valence-corrected chi connectivity index (χ0v) is 10.7. The minimum Gasteiger partial charge on any atom is -0.481 e. The quantitative estimate of drug-likeness (QED) is 0.777. The summed E-state index contributed by atoms with van der Waals surface area (Å²) in [4.78, 5) is 11.5. The molecule has 0 unspecified atom stereocenters. The third-order valence-electron chi connectivity index (χ3n) is 4.06. The smallest absolute Gasteiger partial charge is 0.312 e. The van der Waals surface area contributed by atoms with Crippen LogP contribution in [0.1, 0.15) is 38.5 Å². The lowest BCUT2D eigenvalue weighted by Gasteiger charge is -2.46. The van der Waals surface area contributed by atoms with Crippen LogP contribution < -0.4 is 0 Å². The SMILES string of the molecule is CS(=O)(=O)O[C@H]1CC[C@@H]2CCC[C@]1(C(=O)O)C2. The first-order valence-corrected chi connectivity index (χ1v) is 7.77. The van der Waals surface area contributed by atoms with E-state index in [1.54, 1.807) is 0 Å². The molecule has 0 radical (unpaired) electrons. The van der Waals surface area contributed by atoms with Crippen molar-refractivity contribution in [2.75, 3.05) is 6.26 Å². The third kappa shape index (κ3) is 2.47. The second-order valence-corrected chi connectivity index (χ2v) is 6.89. The van der Waals surface area contributed by atoms with Gasteiger partial charge in [-0.2, -0.15) is 8.42 Å². The molecule has 2 fully saturated rings. The van der Waals surface area contributed by atoms with E-state index in [0.717, 1.165) is 25.5 Å². The molecule has 0 spiro atoms. The number of hydrogen-bond donors (Lipinski definition) is 1. The molecule has 2 saturated carbocycles. The molecular formula is C11H18O5S. The number of aliphatic carboxylic acids is 1. The average molecular weight is 262 g/mol. The Kier molecular flexibility index (Phi) is 3.20. The van der Waals surface area contributed by atoms with Gasteiger partial charge in [0, 0.05) is 0 Å². The molecule has 2 aliphatic rings. The van der Waals surface area contributed by atoms with E-state index in [1.807, 2.05) is 0 Å². The zero-order valence-electron chi connectivity index (χ0n) is 9.89. The largest absolute Gasteiger partial charge is 0.481 e. The molecule has 0 aromatic heterocycles. The van der Waals surface area contributed by atoms with Crippen LogP contribution in [0, 0.1) is 11.3 Å². The predicted octanol–water partition coefficient (Wildman–Crippen LogP) is 1.39. The maximum absolute atomic E-state index is 11.5. The van der Waals surface area contributed by atoms with Gasteiger partial charge in [-0.3, -0.25) is 8.98 Å². The molecule has 2 bridgehead atoms. The molecule has 3 atom stereocenters. The normalized spacial score (nSPS) is 37.7. The third-order valence-corrected chi connectivity index (χ3v) is 4.64. The van der Waals surface area contributed by atoms with Gasteiger partial charge in [-0.15, -0.1) is 0 Å². The molecule has 1 N–H and O–H groups in total. The van der Waals surface area contributed by atoms with Gasteiger partial charge in [0.15, 0.2) is 0 Å². The van der Waals surface area contributed by atoms with E-state index < -0.39 is 27.6 Å². The van der Waals surface area contributed by atoms with Gasteiger partial charge in [-0.25, -0.2) is 0 Å². The van der Waals surface area contributed by atoms with Crippen LogP contribution in [0.15, 0.2) is 0 Å². The lowest BCUT2D eigenvalue weighted by atomic mass is 9.60. The Hall–Kier alpha value is -0.620. The van der Waals surface area contributed by atoms with E-state index in [4.69, 9.17) is 4.18 Å². The maximum Gasteiger partial charge on any atom is 0.312 e. The molecule has 0 amide bonds. The first-order chi connectivity index (χ1) is 7.83. The lowest BCUT2D eigenvalue weighted by molar-refractivity contribution is -0.164. The van der Waals surface area contributed by atoms with Crippen LogP contribution in [0.2, 0.25) is 0 Å². The van der Waals surface area contributed by atoms with Crippen molar-refractivity contribution in [1.29, 1.82) is 0 Å². The average Bonchev–Trinajstić information content (AvgIpc) is 2.21. The van der Waals surface area contributed by atoms with Gasteiger partial charge in [0.25, 0.3) is 10.1 Å². The molecule has 0 aliphatic heterocycles. The van der Waals surface area contributed by atoms with Crippen LogP contribution in [-0.4, -0.2) is 31.9 Å². The second kappa shape index (κ2) is 4.24. The Labute approximate surface area is 101 Å². The monoisotopic (exact) mass is 262 g/mol. The molecule has 98 valence electrons. The van der Waals surface area contributed by atoms with Crippen molar-refractivity contribution in [2.45, 2.75) is 44.6 Å². The summed E-state index contributed by atoms with van der Waals surface area (Å²) in [6, 6.07) is 0. The molecule has 0 saturated heterocycles. The summed E-state index contributed by atoms with van der Waals surface area (Å²) in [7, 11) is -3.60. The molecule has 17 heavy (non-hydrogen) atoms. The number of carboxylic acid groups (broad SMARTS) is 1. The summed E-state index contributed by atoms with van der Waals surface area (Å²) >= 11 is 0. The van der Waals surface area contributed by atoms with Gasteiger partial charge >= 0.3 is 5.97 Å². The second-order valence-electron chi connectivity index (χ2n) is 5.29. The summed E-state index contributed by atoms with van der Waals surface area (Å²) in [6.07, 6.45) is 4.69. The highest BCUT2D eigenvalue weighted by Crippen LogP contribution is 2.50. The van der Waals surface area contributed by atoms with Crippen LogP contribution in [0.25, 0.3) is 0 Å². The van der Waals surface area contributed by atoms with Crippen molar-refractivity contribution in [3.63, 3.8) is 0 Å². The van der Waals surface area contributed by atoms with Gasteiger partial charge in [0.05, 0.1) is 17.8 Å². The summed E-state index contributed by atoms with van der Waals surface area (Å²) in [5, 5.41) is 9.43. The van der Waals surface area contributed by atoms with Crippen LogP contribution in [0.5, 0.6) is 0 Å². The fraction of sp³-hybridized carbons (Fsp3) is 0.909. The molecule has 5 nitrogen and oxygen atoms in total. The molecular weight excluding hydrogens is 244 g/mol. The first kappa shape index (κ1) is 12.8. The molecule has 6 heteroatoms. The Morgan fingerprint density at radius 3 is 2.65 bits per heavy atom. The highest BCUT2D eigenvalue weighted by atomic mass is 32.2. The maximum atomic E-state index is 11.5. The van der Waals surface area contributed by atoms with Crippen molar-refractivity contribution >= 4 is 16.1 Å². The number of rotatable bonds is 3. The van der Waals surface area contributed by atoms with Crippen LogP contribution in [0.4, 0.5) is 0 Å². The molecule has 0 aromatic rings. The highest BCUT2D eigenvalue weighted by Gasteiger charge is 2.53. The van der Waals surface area contributed by atoms with Crippen molar-refractivity contribution in [3.8, 4) is 0 Å². The van der Waals surface area contributed by atoms with Gasteiger partial charge in [-0.05, 0) is 31.6 Å². The van der Waals surface area contributed by atoms with E-state index in [0.29, 0.717) is 25.2 Å². The fourth-order valence-corrected chi connectivity index (χ4v) is 4.01. The molecule has 0 heterocycles. The van der Waals surface area contributed by atoms with Gasteiger partial charge in [0.2, 0.25) is 0 Å². The molecule has 2 rings (SSSR count).